The lowest BCUT2D eigenvalue weighted by atomic mass is 10.2. The first kappa shape index (κ1) is 16.9. The molecular weight excluding hydrogens is 394 g/mol. The minimum atomic E-state index is -3.81. The zero-order valence-electron chi connectivity index (χ0n) is 11.4. The van der Waals surface area contributed by atoms with Gasteiger partial charge in [0.05, 0.1) is 12.7 Å². The number of esters is 1. The molecule has 0 saturated carbocycles. The molecular formula is C13H12BrNO5S2. The van der Waals surface area contributed by atoms with E-state index >= 15 is 0 Å². The van der Waals surface area contributed by atoms with Crippen LogP contribution in [0.5, 0.6) is 5.75 Å². The van der Waals surface area contributed by atoms with Gasteiger partial charge in [-0.1, -0.05) is 15.9 Å². The molecule has 0 amide bonds. The fraction of sp³-hybridized carbons (Fsp3) is 0.154. The number of primary sulfonamides is 1. The van der Waals surface area contributed by atoms with E-state index in [1.54, 1.807) is 18.2 Å². The molecule has 118 valence electrons. The van der Waals surface area contributed by atoms with Gasteiger partial charge < -0.3 is 9.47 Å². The van der Waals surface area contributed by atoms with Gasteiger partial charge in [0.25, 0.3) is 0 Å². The third kappa shape index (κ3) is 4.07. The number of nitrogens with two attached hydrogens (primary N) is 1. The Morgan fingerprint density at radius 3 is 2.68 bits per heavy atom. The van der Waals surface area contributed by atoms with Crippen LogP contribution in [0.15, 0.2) is 38.3 Å². The average Bonchev–Trinajstić information content (AvgIpc) is 2.95. The monoisotopic (exact) mass is 405 g/mol. The maximum absolute atomic E-state index is 11.9. The predicted octanol–water partition coefficient (Wildman–Crippen LogP) is 2.52. The van der Waals surface area contributed by atoms with E-state index in [2.05, 4.69) is 15.9 Å². The Morgan fingerprint density at radius 1 is 1.36 bits per heavy atom. The highest BCUT2D eigenvalue weighted by Gasteiger charge is 2.17. The maximum Gasteiger partial charge on any atom is 0.339 e. The van der Waals surface area contributed by atoms with E-state index in [0.717, 1.165) is 15.8 Å². The van der Waals surface area contributed by atoms with Crippen LogP contribution in [0.1, 0.15) is 15.9 Å². The second-order valence-corrected chi connectivity index (χ2v) is 7.85. The van der Waals surface area contributed by atoms with E-state index in [-0.39, 0.29) is 16.4 Å². The molecule has 1 aromatic carbocycles. The molecule has 2 rings (SSSR count). The van der Waals surface area contributed by atoms with Gasteiger partial charge in [-0.15, -0.1) is 11.3 Å². The summed E-state index contributed by atoms with van der Waals surface area (Å²) in [6, 6.07) is 6.52. The van der Waals surface area contributed by atoms with Crippen LogP contribution in [0.2, 0.25) is 0 Å². The van der Waals surface area contributed by atoms with Crippen molar-refractivity contribution in [1.29, 1.82) is 0 Å². The summed E-state index contributed by atoms with van der Waals surface area (Å²) < 4.78 is 33.5. The Hall–Kier alpha value is -1.42. The number of thiophene rings is 1. The van der Waals surface area contributed by atoms with Gasteiger partial charge in [0, 0.05) is 15.4 Å². The number of hydrogen-bond acceptors (Lipinski definition) is 6. The number of carbonyl (C=O) groups is 1. The highest BCUT2D eigenvalue weighted by Crippen LogP contribution is 2.25. The lowest BCUT2D eigenvalue weighted by molar-refractivity contribution is 0.0470. The van der Waals surface area contributed by atoms with Gasteiger partial charge in [0.2, 0.25) is 10.0 Å². The van der Waals surface area contributed by atoms with Crippen LogP contribution in [0, 0.1) is 0 Å². The van der Waals surface area contributed by atoms with Crippen molar-refractivity contribution in [2.24, 2.45) is 5.14 Å². The zero-order chi connectivity index (χ0) is 16.3. The molecule has 0 unspecified atom stereocenters. The van der Waals surface area contributed by atoms with Gasteiger partial charge in [0.15, 0.2) is 0 Å². The molecule has 0 radical (unpaired) electrons. The number of benzene rings is 1. The van der Waals surface area contributed by atoms with Crippen molar-refractivity contribution in [3.05, 3.63) is 45.2 Å². The predicted molar refractivity (Wildman–Crippen MR) is 85.5 cm³/mol. The SMILES string of the molecule is COc1ccc(Br)cc1COC(=O)c1csc(S(N)(=O)=O)c1. The van der Waals surface area contributed by atoms with Gasteiger partial charge in [-0.2, -0.15) is 0 Å². The van der Waals surface area contributed by atoms with Gasteiger partial charge in [-0.3, -0.25) is 0 Å². The quantitative estimate of drug-likeness (QED) is 0.770. The summed E-state index contributed by atoms with van der Waals surface area (Å²) in [5, 5.41) is 6.39. The Labute approximate surface area is 140 Å². The minimum Gasteiger partial charge on any atom is -0.496 e. The maximum atomic E-state index is 11.9. The second-order valence-electron chi connectivity index (χ2n) is 4.23. The largest absolute Gasteiger partial charge is 0.496 e. The number of methoxy groups -OCH3 is 1. The minimum absolute atomic E-state index is 0.00199. The van der Waals surface area contributed by atoms with Gasteiger partial charge in [-0.05, 0) is 24.3 Å². The zero-order valence-corrected chi connectivity index (χ0v) is 14.6. The molecule has 0 bridgehead atoms. The van der Waals surface area contributed by atoms with Crippen molar-refractivity contribution in [2.75, 3.05) is 7.11 Å². The Kier molecular flexibility index (Phi) is 5.22. The van der Waals surface area contributed by atoms with E-state index in [1.165, 1.54) is 18.6 Å². The summed E-state index contributed by atoms with van der Waals surface area (Å²) in [6.07, 6.45) is 0. The van der Waals surface area contributed by atoms with Crippen LogP contribution in [-0.4, -0.2) is 21.5 Å². The van der Waals surface area contributed by atoms with Crippen molar-refractivity contribution >= 4 is 43.3 Å². The molecule has 6 nitrogen and oxygen atoms in total. The third-order valence-corrected chi connectivity index (χ3v) is 5.57. The van der Waals surface area contributed by atoms with Crippen molar-refractivity contribution in [3.63, 3.8) is 0 Å². The molecule has 2 aromatic rings. The number of ether oxygens (including phenoxy) is 2. The van der Waals surface area contributed by atoms with Crippen LogP contribution in [0.25, 0.3) is 0 Å². The normalized spacial score (nSPS) is 11.2. The smallest absolute Gasteiger partial charge is 0.339 e. The molecule has 0 aliphatic heterocycles. The number of hydrogen-bond donors (Lipinski definition) is 1. The van der Waals surface area contributed by atoms with E-state index in [0.29, 0.717) is 11.3 Å². The first-order chi connectivity index (χ1) is 10.3. The van der Waals surface area contributed by atoms with Crippen molar-refractivity contribution in [2.45, 2.75) is 10.8 Å². The van der Waals surface area contributed by atoms with E-state index in [9.17, 15) is 13.2 Å². The highest BCUT2D eigenvalue weighted by molar-refractivity contribution is 9.10. The summed E-state index contributed by atoms with van der Waals surface area (Å²) in [5.41, 5.74) is 0.829. The van der Waals surface area contributed by atoms with Crippen LogP contribution in [0.4, 0.5) is 0 Å². The Balaban J connectivity index is 2.10. The van der Waals surface area contributed by atoms with Crippen LogP contribution in [0.3, 0.4) is 0 Å². The topological polar surface area (TPSA) is 95.7 Å². The molecule has 9 heteroatoms. The van der Waals surface area contributed by atoms with E-state index in [4.69, 9.17) is 14.6 Å². The molecule has 0 aliphatic rings. The molecule has 2 N–H and O–H groups in total. The molecule has 0 aliphatic carbocycles. The summed E-state index contributed by atoms with van der Waals surface area (Å²) in [7, 11) is -2.29. The molecule has 0 spiro atoms. The number of halogens is 1. The van der Waals surface area contributed by atoms with Crippen molar-refractivity contribution in [1.82, 2.24) is 0 Å². The van der Waals surface area contributed by atoms with Crippen LogP contribution in [-0.2, 0) is 21.4 Å². The van der Waals surface area contributed by atoms with Crippen molar-refractivity contribution in [3.8, 4) is 5.75 Å². The molecule has 0 fully saturated rings. The molecule has 1 heterocycles. The van der Waals surface area contributed by atoms with E-state index in [1.807, 2.05) is 0 Å². The standard InChI is InChI=1S/C13H12BrNO5S2/c1-19-11-3-2-10(14)4-8(11)6-20-13(16)9-5-12(21-7-9)22(15,17)18/h2-5,7H,6H2,1H3,(H2,15,17,18). The second kappa shape index (κ2) is 6.78. The summed E-state index contributed by atoms with van der Waals surface area (Å²) in [4.78, 5) is 11.9. The van der Waals surface area contributed by atoms with Gasteiger partial charge in [0.1, 0.15) is 16.6 Å². The number of sulfonamides is 1. The first-order valence-electron chi connectivity index (χ1n) is 5.92. The Bertz CT molecular complexity index is 801. The van der Waals surface area contributed by atoms with Crippen molar-refractivity contribution < 1.29 is 22.7 Å². The summed E-state index contributed by atoms with van der Waals surface area (Å²) >= 11 is 4.20. The fourth-order valence-electron chi connectivity index (χ4n) is 1.66. The van der Waals surface area contributed by atoms with E-state index < -0.39 is 16.0 Å². The average molecular weight is 406 g/mol. The summed E-state index contributed by atoms with van der Waals surface area (Å²) in [5.74, 6) is -0.0419. The van der Waals surface area contributed by atoms with Crippen LogP contribution >= 0.6 is 27.3 Å². The Morgan fingerprint density at radius 2 is 2.09 bits per heavy atom. The highest BCUT2D eigenvalue weighted by atomic mass is 79.9. The fourth-order valence-corrected chi connectivity index (χ4v) is 3.64. The molecule has 0 saturated heterocycles. The lowest BCUT2D eigenvalue weighted by Crippen LogP contribution is -2.10. The van der Waals surface area contributed by atoms with Crippen LogP contribution < -0.4 is 9.88 Å². The van der Waals surface area contributed by atoms with Gasteiger partial charge in [-0.25, -0.2) is 18.4 Å². The first-order valence-corrected chi connectivity index (χ1v) is 9.14. The third-order valence-electron chi connectivity index (χ3n) is 2.69. The lowest BCUT2D eigenvalue weighted by Gasteiger charge is -2.09. The van der Waals surface area contributed by atoms with Gasteiger partial charge >= 0.3 is 5.97 Å². The molecule has 0 atom stereocenters. The molecule has 1 aromatic heterocycles. The number of rotatable bonds is 5. The molecule has 22 heavy (non-hydrogen) atoms. The summed E-state index contributed by atoms with van der Waals surface area (Å²) in [6.45, 7) is 0.00199. The number of carbonyl (C=O) groups excluding carboxylic acids is 1.